The zero-order chi connectivity index (χ0) is 19.5. The average molecular weight is 419 g/mol. The van der Waals surface area contributed by atoms with Gasteiger partial charge in [-0.05, 0) is 74.5 Å². The Labute approximate surface area is 173 Å². The van der Waals surface area contributed by atoms with Gasteiger partial charge in [0.05, 0.1) is 23.1 Å². The average Bonchev–Trinajstić information content (AvgIpc) is 3.16. The predicted molar refractivity (Wildman–Crippen MR) is 110 cm³/mol. The molecule has 0 saturated carbocycles. The van der Waals surface area contributed by atoms with Crippen LogP contribution in [0.25, 0.3) is 5.69 Å². The van der Waals surface area contributed by atoms with E-state index in [9.17, 15) is 13.6 Å². The molecule has 1 aliphatic rings. The smallest absolute Gasteiger partial charge is 0.259 e. The molecule has 8 heteroatoms. The van der Waals surface area contributed by atoms with Crippen LogP contribution in [-0.2, 0) is 0 Å². The number of carbonyl (C=O) groups excluding carboxylic acids is 1. The van der Waals surface area contributed by atoms with E-state index in [1.54, 1.807) is 23.0 Å². The third kappa shape index (κ3) is 4.63. The fraction of sp³-hybridized carbons (Fsp3) is 0.238. The highest BCUT2D eigenvalue weighted by atomic mass is 35.5. The van der Waals surface area contributed by atoms with Crippen LogP contribution >= 0.6 is 12.4 Å². The highest BCUT2D eigenvalue weighted by molar-refractivity contribution is 6.05. The molecule has 5 nitrogen and oxygen atoms in total. The highest BCUT2D eigenvalue weighted by Gasteiger charge is 2.27. The lowest BCUT2D eigenvalue weighted by Crippen LogP contribution is -2.29. The Kier molecular flexibility index (Phi) is 6.61. The van der Waals surface area contributed by atoms with Crippen molar-refractivity contribution in [3.05, 3.63) is 77.6 Å². The number of hydrogen-bond acceptors (Lipinski definition) is 3. The first-order valence-corrected chi connectivity index (χ1v) is 9.23. The van der Waals surface area contributed by atoms with Crippen LogP contribution in [0.15, 0.2) is 54.7 Å². The standard InChI is InChI=1S/C21H20F2N4O.ClH/c22-15-1-5-17(6-2-15)26-21(28)19-13-25-27(18-7-3-16(23)4-8-18)20(19)14-9-11-24-12-10-14;/h1-8,13-14,24H,9-12H2,(H,26,28);1H. The van der Waals surface area contributed by atoms with Crippen LogP contribution in [0.2, 0.25) is 0 Å². The fourth-order valence-corrected chi connectivity index (χ4v) is 3.54. The number of hydrogen-bond donors (Lipinski definition) is 2. The summed E-state index contributed by atoms with van der Waals surface area (Å²) in [5.74, 6) is -0.831. The number of rotatable bonds is 4. The van der Waals surface area contributed by atoms with E-state index < -0.39 is 0 Å². The second-order valence-corrected chi connectivity index (χ2v) is 6.82. The number of piperidine rings is 1. The minimum Gasteiger partial charge on any atom is -0.322 e. The molecular weight excluding hydrogens is 398 g/mol. The lowest BCUT2D eigenvalue weighted by Gasteiger charge is -2.24. The molecule has 0 bridgehead atoms. The highest BCUT2D eigenvalue weighted by Crippen LogP contribution is 2.30. The number of amides is 1. The van der Waals surface area contributed by atoms with Crippen molar-refractivity contribution in [3.8, 4) is 5.69 Å². The molecule has 152 valence electrons. The van der Waals surface area contributed by atoms with E-state index >= 15 is 0 Å². The second kappa shape index (κ2) is 9.15. The number of benzene rings is 2. The Bertz CT molecular complexity index is 967. The maximum absolute atomic E-state index is 13.3. The number of aromatic nitrogens is 2. The largest absolute Gasteiger partial charge is 0.322 e. The number of halogens is 3. The van der Waals surface area contributed by atoms with E-state index in [0.717, 1.165) is 31.6 Å². The molecule has 4 rings (SSSR count). The van der Waals surface area contributed by atoms with Gasteiger partial charge in [-0.15, -0.1) is 12.4 Å². The minimum atomic E-state index is -0.363. The third-order valence-electron chi connectivity index (χ3n) is 4.95. The van der Waals surface area contributed by atoms with E-state index in [1.165, 1.54) is 36.4 Å². The molecule has 0 unspecified atom stereocenters. The lowest BCUT2D eigenvalue weighted by atomic mass is 9.91. The summed E-state index contributed by atoms with van der Waals surface area (Å²) in [6, 6.07) is 11.7. The number of anilines is 1. The first-order chi connectivity index (χ1) is 13.6. The molecule has 1 saturated heterocycles. The molecular formula is C21H21ClF2N4O. The lowest BCUT2D eigenvalue weighted by molar-refractivity contribution is 0.102. The van der Waals surface area contributed by atoms with Crippen molar-refractivity contribution in [1.29, 1.82) is 0 Å². The van der Waals surface area contributed by atoms with Crippen LogP contribution in [0.5, 0.6) is 0 Å². The topological polar surface area (TPSA) is 59.0 Å². The first-order valence-electron chi connectivity index (χ1n) is 9.23. The normalized spacial score (nSPS) is 14.3. The second-order valence-electron chi connectivity index (χ2n) is 6.82. The van der Waals surface area contributed by atoms with Gasteiger partial charge in [0.15, 0.2) is 0 Å². The molecule has 29 heavy (non-hydrogen) atoms. The van der Waals surface area contributed by atoms with Crippen LogP contribution in [0.1, 0.15) is 34.8 Å². The molecule has 3 aromatic rings. The summed E-state index contributed by atoms with van der Waals surface area (Å²) in [4.78, 5) is 12.9. The van der Waals surface area contributed by atoms with Gasteiger partial charge < -0.3 is 10.6 Å². The summed E-state index contributed by atoms with van der Waals surface area (Å²) in [7, 11) is 0. The van der Waals surface area contributed by atoms with Crippen molar-refractivity contribution in [1.82, 2.24) is 15.1 Å². The van der Waals surface area contributed by atoms with Gasteiger partial charge in [-0.25, -0.2) is 13.5 Å². The van der Waals surface area contributed by atoms with Crippen molar-refractivity contribution >= 4 is 24.0 Å². The van der Waals surface area contributed by atoms with E-state index in [-0.39, 0.29) is 35.9 Å². The van der Waals surface area contributed by atoms with Crippen LogP contribution in [0, 0.1) is 11.6 Å². The van der Waals surface area contributed by atoms with Gasteiger partial charge in [-0.1, -0.05) is 0 Å². The molecule has 1 amide bonds. The summed E-state index contributed by atoms with van der Waals surface area (Å²) in [5, 5.41) is 10.5. The molecule has 2 N–H and O–H groups in total. The predicted octanol–water partition coefficient (Wildman–Crippen LogP) is 4.29. The fourth-order valence-electron chi connectivity index (χ4n) is 3.54. The summed E-state index contributed by atoms with van der Waals surface area (Å²) in [6.07, 6.45) is 3.30. The van der Waals surface area contributed by atoms with E-state index in [4.69, 9.17) is 0 Å². The van der Waals surface area contributed by atoms with E-state index in [0.29, 0.717) is 16.9 Å². The Hall–Kier alpha value is -2.77. The minimum absolute atomic E-state index is 0. The summed E-state index contributed by atoms with van der Waals surface area (Å²) < 4.78 is 28.2. The van der Waals surface area contributed by atoms with Gasteiger partial charge in [0.2, 0.25) is 0 Å². The van der Waals surface area contributed by atoms with Gasteiger partial charge in [0.1, 0.15) is 11.6 Å². The zero-order valence-electron chi connectivity index (χ0n) is 15.6. The van der Waals surface area contributed by atoms with Gasteiger partial charge in [0, 0.05) is 11.6 Å². The SMILES string of the molecule is Cl.O=C(Nc1ccc(F)cc1)c1cnn(-c2ccc(F)cc2)c1C1CCNCC1. The first kappa shape index (κ1) is 21.0. The van der Waals surface area contributed by atoms with E-state index in [1.807, 2.05) is 0 Å². The third-order valence-corrected chi connectivity index (χ3v) is 4.95. The number of nitrogens with zero attached hydrogens (tertiary/aromatic N) is 2. The van der Waals surface area contributed by atoms with Crippen LogP contribution in [-0.4, -0.2) is 28.8 Å². The molecule has 0 atom stereocenters. The van der Waals surface area contributed by atoms with Gasteiger partial charge in [-0.2, -0.15) is 5.10 Å². The maximum atomic E-state index is 13.3. The molecule has 1 fully saturated rings. The molecule has 1 aromatic heterocycles. The van der Waals surface area contributed by atoms with Gasteiger partial charge in [0.25, 0.3) is 5.91 Å². The van der Waals surface area contributed by atoms with Crippen LogP contribution in [0.3, 0.4) is 0 Å². The van der Waals surface area contributed by atoms with Crippen molar-refractivity contribution < 1.29 is 13.6 Å². The molecule has 0 radical (unpaired) electrons. The molecule has 2 heterocycles. The summed E-state index contributed by atoms with van der Waals surface area (Å²) in [6.45, 7) is 1.72. The van der Waals surface area contributed by atoms with Gasteiger partial charge in [-0.3, -0.25) is 4.79 Å². The van der Waals surface area contributed by atoms with E-state index in [2.05, 4.69) is 15.7 Å². The monoisotopic (exact) mass is 418 g/mol. The summed E-state index contributed by atoms with van der Waals surface area (Å²) in [5.41, 5.74) is 2.50. The molecule has 0 aliphatic carbocycles. The van der Waals surface area contributed by atoms with Crippen LogP contribution in [0.4, 0.5) is 14.5 Å². The van der Waals surface area contributed by atoms with Crippen molar-refractivity contribution in [2.45, 2.75) is 18.8 Å². The number of nitrogens with one attached hydrogen (secondary N) is 2. The Morgan fingerprint density at radius 1 is 1.00 bits per heavy atom. The zero-order valence-corrected chi connectivity index (χ0v) is 16.4. The van der Waals surface area contributed by atoms with Crippen LogP contribution < -0.4 is 10.6 Å². The van der Waals surface area contributed by atoms with Crippen molar-refractivity contribution in [2.75, 3.05) is 18.4 Å². The molecule has 1 aliphatic heterocycles. The Balaban J connectivity index is 0.00000240. The molecule has 0 spiro atoms. The van der Waals surface area contributed by atoms with Gasteiger partial charge >= 0.3 is 0 Å². The van der Waals surface area contributed by atoms with Crippen molar-refractivity contribution in [3.63, 3.8) is 0 Å². The Morgan fingerprint density at radius 3 is 2.21 bits per heavy atom. The number of carbonyl (C=O) groups is 1. The summed E-state index contributed by atoms with van der Waals surface area (Å²) >= 11 is 0. The Morgan fingerprint density at radius 2 is 1.59 bits per heavy atom. The van der Waals surface area contributed by atoms with Crippen molar-refractivity contribution in [2.24, 2.45) is 0 Å². The quantitative estimate of drug-likeness (QED) is 0.664. The molecule has 2 aromatic carbocycles. The maximum Gasteiger partial charge on any atom is 0.259 e.